The molecule has 2 rings (SSSR count). The lowest BCUT2D eigenvalue weighted by Gasteiger charge is -2.16. The van der Waals surface area contributed by atoms with E-state index >= 15 is 0 Å². The molecular formula is C12H20N6O7. The monoisotopic (exact) mass is 360 g/mol. The van der Waals surface area contributed by atoms with E-state index < -0.39 is 35.7 Å². The Morgan fingerprint density at radius 2 is 1.28 bits per heavy atom. The van der Waals surface area contributed by atoms with E-state index in [0.717, 1.165) is 0 Å². The largest absolute Gasteiger partial charge is 0.390 e. The molecule has 2 aliphatic heterocycles. The minimum atomic E-state index is -1.10. The Kier molecular flexibility index (Phi) is 8.55. The first-order valence-corrected chi connectivity index (χ1v) is 6.88. The van der Waals surface area contributed by atoms with Gasteiger partial charge in [0.1, 0.15) is 0 Å². The van der Waals surface area contributed by atoms with Crippen molar-refractivity contribution in [1.29, 1.82) is 0 Å². The van der Waals surface area contributed by atoms with Crippen LogP contribution in [0, 0.1) is 11.8 Å². The molecule has 13 heteroatoms. The van der Waals surface area contributed by atoms with Crippen molar-refractivity contribution < 1.29 is 33.9 Å². The summed E-state index contributed by atoms with van der Waals surface area (Å²) in [7, 11) is 0. The third-order valence-electron chi connectivity index (χ3n) is 3.21. The van der Waals surface area contributed by atoms with Crippen molar-refractivity contribution in [2.75, 3.05) is 13.1 Å². The summed E-state index contributed by atoms with van der Waals surface area (Å²) in [4.78, 5) is 60.0. The number of rotatable bonds is 1. The molecule has 0 aromatic heterocycles. The summed E-state index contributed by atoms with van der Waals surface area (Å²) in [6.45, 7) is 0.822. The first-order chi connectivity index (χ1) is 11.5. The van der Waals surface area contributed by atoms with Crippen LogP contribution >= 0.6 is 0 Å². The van der Waals surface area contributed by atoms with Crippen LogP contribution in [-0.4, -0.2) is 59.7 Å². The number of nitrogens with one attached hydrogen (secondary N) is 2. The summed E-state index contributed by atoms with van der Waals surface area (Å²) in [5, 5.41) is 14.7. The van der Waals surface area contributed by atoms with Gasteiger partial charge >= 0.3 is 23.6 Å². The van der Waals surface area contributed by atoms with Crippen molar-refractivity contribution in [2.45, 2.75) is 12.5 Å². The van der Waals surface area contributed by atoms with Crippen LogP contribution < -0.4 is 33.6 Å². The molecule has 2 heterocycles. The molecule has 0 radical (unpaired) electrons. The van der Waals surface area contributed by atoms with Crippen molar-refractivity contribution in [1.82, 2.24) is 10.6 Å². The second kappa shape index (κ2) is 9.82. The summed E-state index contributed by atoms with van der Waals surface area (Å²) >= 11 is 0. The minimum Gasteiger partial charge on any atom is -0.390 e. The SMILES string of the molecule is NC(=O)C(N)=O.NC(=O)C(N)=O.O=C1CC(C2C(=O)NCC2O)CN1. The standard InChI is InChI=1S/C8H12N2O3.2C2H4N2O2/c11-5-3-10-8(13)7(5)4-1-6(12)9-2-4;2*3-1(5)2(4)6/h4-5,7,11H,1-3H2,(H,9,12)(H,10,13);2*(H2,3,5)(H2,4,6). The number of aliphatic hydroxyl groups excluding tert-OH is 1. The van der Waals surface area contributed by atoms with Crippen LogP contribution in [0.15, 0.2) is 0 Å². The maximum Gasteiger partial charge on any atom is 0.306 e. The second-order valence-electron chi connectivity index (χ2n) is 5.06. The number of amides is 6. The second-order valence-corrected chi connectivity index (χ2v) is 5.06. The topological polar surface area (TPSA) is 251 Å². The van der Waals surface area contributed by atoms with Crippen LogP contribution in [0.25, 0.3) is 0 Å². The molecule has 2 aliphatic rings. The molecule has 0 aliphatic carbocycles. The molecule has 3 atom stereocenters. The number of nitrogens with two attached hydrogens (primary N) is 4. The normalized spacial score (nSPS) is 23.8. The van der Waals surface area contributed by atoms with Crippen LogP contribution in [0.5, 0.6) is 0 Å². The highest BCUT2D eigenvalue weighted by Gasteiger charge is 2.42. The molecule has 25 heavy (non-hydrogen) atoms. The lowest BCUT2D eigenvalue weighted by Crippen LogP contribution is -2.31. The third kappa shape index (κ3) is 7.74. The molecule has 3 unspecified atom stereocenters. The van der Waals surface area contributed by atoms with Gasteiger partial charge in [-0.25, -0.2) is 0 Å². The first-order valence-electron chi connectivity index (χ1n) is 6.88. The molecule has 6 amide bonds. The zero-order chi connectivity index (χ0) is 19.7. The fraction of sp³-hybridized carbons (Fsp3) is 0.500. The molecule has 11 N–H and O–H groups in total. The van der Waals surface area contributed by atoms with Gasteiger partial charge in [-0.1, -0.05) is 0 Å². The van der Waals surface area contributed by atoms with Crippen molar-refractivity contribution in [3.8, 4) is 0 Å². The maximum atomic E-state index is 11.3. The highest BCUT2D eigenvalue weighted by Crippen LogP contribution is 2.25. The molecular weight excluding hydrogens is 340 g/mol. The number of hydrogen-bond acceptors (Lipinski definition) is 7. The van der Waals surface area contributed by atoms with Crippen LogP contribution in [0.3, 0.4) is 0 Å². The van der Waals surface area contributed by atoms with Gasteiger partial charge in [0.2, 0.25) is 11.8 Å². The number of carbonyl (C=O) groups excluding carboxylic acids is 6. The average molecular weight is 360 g/mol. The van der Waals surface area contributed by atoms with Gasteiger partial charge in [-0.05, 0) is 5.92 Å². The summed E-state index contributed by atoms with van der Waals surface area (Å²) in [6, 6.07) is 0. The summed E-state index contributed by atoms with van der Waals surface area (Å²) in [5.41, 5.74) is 17.3. The molecule has 140 valence electrons. The van der Waals surface area contributed by atoms with Crippen molar-refractivity contribution in [3.05, 3.63) is 0 Å². The number of aliphatic hydroxyl groups is 1. The maximum absolute atomic E-state index is 11.3. The Labute approximate surface area is 141 Å². The van der Waals surface area contributed by atoms with E-state index in [-0.39, 0.29) is 17.7 Å². The molecule has 0 aromatic carbocycles. The quantitative estimate of drug-likeness (QED) is 0.223. The van der Waals surface area contributed by atoms with E-state index in [4.69, 9.17) is 0 Å². The van der Waals surface area contributed by atoms with E-state index in [0.29, 0.717) is 19.5 Å². The third-order valence-corrected chi connectivity index (χ3v) is 3.21. The van der Waals surface area contributed by atoms with Crippen molar-refractivity contribution >= 4 is 35.4 Å². The summed E-state index contributed by atoms with van der Waals surface area (Å²) in [6.07, 6.45) is -0.278. The van der Waals surface area contributed by atoms with Crippen molar-refractivity contribution in [3.63, 3.8) is 0 Å². The smallest absolute Gasteiger partial charge is 0.306 e. The highest BCUT2D eigenvalue weighted by molar-refractivity contribution is 6.34. The zero-order valence-electron chi connectivity index (χ0n) is 13.1. The van der Waals surface area contributed by atoms with E-state index in [1.54, 1.807) is 0 Å². The Bertz CT molecular complexity index is 530. The molecule has 13 nitrogen and oxygen atoms in total. The Balaban J connectivity index is 0.000000406. The molecule has 0 aromatic rings. The van der Waals surface area contributed by atoms with E-state index in [1.165, 1.54) is 0 Å². The van der Waals surface area contributed by atoms with Gasteiger partial charge in [-0.3, -0.25) is 28.8 Å². The van der Waals surface area contributed by atoms with Crippen molar-refractivity contribution in [2.24, 2.45) is 34.8 Å². The lowest BCUT2D eigenvalue weighted by atomic mass is 9.88. The lowest BCUT2D eigenvalue weighted by molar-refractivity contribution is -0.135. The number of β-amino-alcohol motifs (C(OH)–C–C–N with tert-alkyl or cyclic N) is 1. The van der Waals surface area contributed by atoms with Crippen LogP contribution in [0.4, 0.5) is 0 Å². The van der Waals surface area contributed by atoms with E-state index in [2.05, 4.69) is 33.6 Å². The van der Waals surface area contributed by atoms with Gasteiger partial charge in [-0.15, -0.1) is 0 Å². The predicted octanol–water partition coefficient (Wildman–Crippen LogP) is -5.86. The van der Waals surface area contributed by atoms with Gasteiger partial charge in [0, 0.05) is 19.5 Å². The minimum absolute atomic E-state index is 0.0306. The van der Waals surface area contributed by atoms with Crippen LogP contribution in [0.2, 0.25) is 0 Å². The van der Waals surface area contributed by atoms with Crippen LogP contribution in [-0.2, 0) is 28.8 Å². The molecule has 2 saturated heterocycles. The number of primary amides is 4. The molecule has 0 saturated carbocycles. The Morgan fingerprint density at radius 1 is 0.840 bits per heavy atom. The van der Waals surface area contributed by atoms with E-state index in [1.807, 2.05) is 0 Å². The number of carbonyl (C=O) groups is 6. The molecule has 0 spiro atoms. The zero-order valence-corrected chi connectivity index (χ0v) is 13.1. The summed E-state index contributed by atoms with van der Waals surface area (Å²) < 4.78 is 0. The highest BCUT2D eigenvalue weighted by atomic mass is 16.3. The predicted molar refractivity (Wildman–Crippen MR) is 80.4 cm³/mol. The first kappa shape index (κ1) is 21.8. The van der Waals surface area contributed by atoms with Gasteiger partial charge in [0.25, 0.3) is 0 Å². The van der Waals surface area contributed by atoms with Gasteiger partial charge < -0.3 is 38.7 Å². The molecule has 2 fully saturated rings. The van der Waals surface area contributed by atoms with Gasteiger partial charge in [-0.2, -0.15) is 0 Å². The Morgan fingerprint density at radius 3 is 1.52 bits per heavy atom. The fourth-order valence-electron chi connectivity index (χ4n) is 2.03. The Hall–Kier alpha value is -3.22. The van der Waals surface area contributed by atoms with Crippen LogP contribution in [0.1, 0.15) is 6.42 Å². The van der Waals surface area contributed by atoms with Gasteiger partial charge in [0.05, 0.1) is 12.0 Å². The number of hydrogen-bond donors (Lipinski definition) is 7. The summed E-state index contributed by atoms with van der Waals surface area (Å²) in [5.74, 6) is -5.01. The average Bonchev–Trinajstić information content (AvgIpc) is 3.06. The molecule has 0 bridgehead atoms. The fourth-order valence-corrected chi connectivity index (χ4v) is 2.03. The van der Waals surface area contributed by atoms with Gasteiger partial charge in [0.15, 0.2) is 0 Å². The van der Waals surface area contributed by atoms with E-state index in [9.17, 15) is 33.9 Å².